The fourth-order valence-electron chi connectivity index (χ4n) is 5.17. The Morgan fingerprint density at radius 1 is 1.03 bits per heavy atom. The van der Waals surface area contributed by atoms with Crippen LogP contribution in [0.3, 0.4) is 0 Å². The summed E-state index contributed by atoms with van der Waals surface area (Å²) in [6.45, 7) is 2.53. The second-order valence-electron chi connectivity index (χ2n) is 9.36. The molecule has 2 saturated heterocycles. The van der Waals surface area contributed by atoms with Gasteiger partial charge in [0.2, 0.25) is 5.91 Å². The number of amides is 2. The maximum absolute atomic E-state index is 13.9. The number of fused-ring (bicyclic) bond motifs is 1. The lowest BCUT2D eigenvalue weighted by Gasteiger charge is -2.38. The minimum atomic E-state index is -0.922. The summed E-state index contributed by atoms with van der Waals surface area (Å²) in [6, 6.07) is 17.7. The van der Waals surface area contributed by atoms with Crippen molar-refractivity contribution in [2.24, 2.45) is 0 Å². The molecule has 0 radical (unpaired) electrons. The fourth-order valence-corrected chi connectivity index (χ4v) is 5.17. The minimum Gasteiger partial charge on any atom is -0.354 e. The average molecular weight is 492 g/mol. The van der Waals surface area contributed by atoms with E-state index in [0.29, 0.717) is 36.3 Å². The number of benzene rings is 2. The van der Waals surface area contributed by atoms with Gasteiger partial charge in [-0.2, -0.15) is 0 Å². The molecule has 36 heavy (non-hydrogen) atoms. The summed E-state index contributed by atoms with van der Waals surface area (Å²) in [4.78, 5) is 34.5. The molecule has 2 aliphatic heterocycles. The number of rotatable bonds is 3. The van der Waals surface area contributed by atoms with Crippen molar-refractivity contribution in [3.05, 3.63) is 89.6 Å². The van der Waals surface area contributed by atoms with Crippen molar-refractivity contribution in [2.45, 2.75) is 38.0 Å². The zero-order valence-electron chi connectivity index (χ0n) is 20.0. The van der Waals surface area contributed by atoms with E-state index in [0.717, 1.165) is 11.6 Å². The Kier molecular flexibility index (Phi) is 6.53. The van der Waals surface area contributed by atoms with Crippen LogP contribution >= 0.6 is 0 Å². The molecular formula is C28H27F2N3O3. The van der Waals surface area contributed by atoms with Gasteiger partial charge in [-0.3, -0.25) is 9.59 Å². The molecule has 3 heterocycles. The summed E-state index contributed by atoms with van der Waals surface area (Å²) >= 11 is 0. The van der Waals surface area contributed by atoms with Gasteiger partial charge in [0.1, 0.15) is 23.1 Å². The molecule has 0 aliphatic carbocycles. The molecule has 6 nitrogen and oxygen atoms in total. The van der Waals surface area contributed by atoms with Gasteiger partial charge in [-0.1, -0.05) is 36.4 Å². The number of carbonyl (C=O) groups excluding carboxylic acids is 2. The van der Waals surface area contributed by atoms with Crippen LogP contribution in [0.25, 0.3) is 11.3 Å². The maximum atomic E-state index is 13.9. The summed E-state index contributed by atoms with van der Waals surface area (Å²) in [7, 11) is 0. The van der Waals surface area contributed by atoms with Gasteiger partial charge in [-0.15, -0.1) is 0 Å². The van der Waals surface area contributed by atoms with Crippen molar-refractivity contribution in [3.8, 4) is 11.3 Å². The highest BCUT2D eigenvalue weighted by molar-refractivity contribution is 5.93. The van der Waals surface area contributed by atoms with Crippen LogP contribution in [0, 0.1) is 11.6 Å². The zero-order valence-corrected chi connectivity index (χ0v) is 20.0. The van der Waals surface area contributed by atoms with Crippen molar-refractivity contribution in [2.75, 3.05) is 19.7 Å². The van der Waals surface area contributed by atoms with Gasteiger partial charge in [-0.05, 0) is 49.6 Å². The van der Waals surface area contributed by atoms with E-state index in [2.05, 4.69) is 4.98 Å². The van der Waals surface area contributed by atoms with Crippen molar-refractivity contribution >= 4 is 11.8 Å². The number of aromatic nitrogens is 1. The summed E-state index contributed by atoms with van der Waals surface area (Å²) in [5.41, 5.74) is 1.37. The number of hydrogen-bond acceptors (Lipinski definition) is 4. The lowest BCUT2D eigenvalue weighted by atomic mass is 10.0. The summed E-state index contributed by atoms with van der Waals surface area (Å²) in [5, 5.41) is 0. The lowest BCUT2D eigenvalue weighted by Crippen LogP contribution is -2.48. The Bertz CT molecular complexity index is 1270. The topological polar surface area (TPSA) is 62.7 Å². The van der Waals surface area contributed by atoms with Crippen LogP contribution in [-0.4, -0.2) is 52.0 Å². The molecule has 2 atom stereocenters. The van der Waals surface area contributed by atoms with E-state index >= 15 is 0 Å². The summed E-state index contributed by atoms with van der Waals surface area (Å²) in [6.07, 6.45) is 1.12. The monoisotopic (exact) mass is 491 g/mol. The molecule has 5 rings (SSSR count). The minimum absolute atomic E-state index is 0.0668. The quantitative estimate of drug-likeness (QED) is 0.519. The van der Waals surface area contributed by atoms with Crippen LogP contribution in [-0.2, 0) is 9.53 Å². The van der Waals surface area contributed by atoms with Crippen LogP contribution in [0.15, 0.2) is 66.7 Å². The molecule has 1 aromatic heterocycles. The first-order valence-electron chi connectivity index (χ1n) is 12.1. The highest BCUT2D eigenvalue weighted by Gasteiger charge is 2.47. The van der Waals surface area contributed by atoms with Crippen molar-refractivity contribution < 1.29 is 23.1 Å². The second kappa shape index (κ2) is 9.78. The number of carbonyl (C=O) groups is 2. The number of pyridine rings is 1. The van der Waals surface area contributed by atoms with Crippen molar-refractivity contribution in [3.63, 3.8) is 0 Å². The van der Waals surface area contributed by atoms with Gasteiger partial charge < -0.3 is 14.5 Å². The molecule has 0 spiro atoms. The molecule has 0 saturated carbocycles. The predicted octanol–water partition coefficient (Wildman–Crippen LogP) is 4.97. The first kappa shape index (κ1) is 24.1. The van der Waals surface area contributed by atoms with E-state index in [-0.39, 0.29) is 31.4 Å². The third-order valence-corrected chi connectivity index (χ3v) is 6.94. The highest BCUT2D eigenvalue weighted by atomic mass is 19.1. The van der Waals surface area contributed by atoms with E-state index < -0.39 is 23.4 Å². The Morgan fingerprint density at radius 3 is 2.53 bits per heavy atom. The van der Waals surface area contributed by atoms with E-state index in [9.17, 15) is 18.4 Å². The van der Waals surface area contributed by atoms with Crippen LogP contribution in [0.4, 0.5) is 8.78 Å². The first-order valence-corrected chi connectivity index (χ1v) is 12.1. The van der Waals surface area contributed by atoms with Crippen LogP contribution in [0.5, 0.6) is 0 Å². The lowest BCUT2D eigenvalue weighted by molar-refractivity contribution is -0.165. The third-order valence-electron chi connectivity index (χ3n) is 6.94. The standard InChI is InChI=1S/C28H27F2N3O3/c1-28-12-10-25(20-16-21(29)18-22(30)17-20)33(28)26(34)11-13-32(14-15-36-28)27(35)24-9-5-8-23(31-24)19-6-3-2-4-7-19/h2-9,16-18,25H,10-15H2,1H3/t25-,28?/m0/s1. The molecular weight excluding hydrogens is 464 g/mol. The summed E-state index contributed by atoms with van der Waals surface area (Å²) < 4.78 is 34.0. The first-order chi connectivity index (χ1) is 17.3. The van der Waals surface area contributed by atoms with Crippen molar-refractivity contribution in [1.29, 1.82) is 0 Å². The molecule has 8 heteroatoms. The van der Waals surface area contributed by atoms with Gasteiger partial charge in [0.05, 0.1) is 18.3 Å². The van der Waals surface area contributed by atoms with Gasteiger partial charge in [0.25, 0.3) is 5.91 Å². The predicted molar refractivity (Wildman–Crippen MR) is 130 cm³/mol. The van der Waals surface area contributed by atoms with Crippen LogP contribution in [0.1, 0.15) is 48.3 Å². The normalized spacial score (nSPS) is 22.5. The molecule has 0 N–H and O–H groups in total. The molecule has 2 aliphatic rings. The van der Waals surface area contributed by atoms with Gasteiger partial charge in [0.15, 0.2) is 0 Å². The number of ether oxygens (including phenoxy) is 1. The average Bonchev–Trinajstić information content (AvgIpc) is 3.24. The fraction of sp³-hybridized carbons (Fsp3) is 0.321. The second-order valence-corrected chi connectivity index (χ2v) is 9.36. The van der Waals surface area contributed by atoms with E-state index in [4.69, 9.17) is 4.74 Å². The molecule has 2 aromatic carbocycles. The Balaban J connectivity index is 1.36. The Hall–Kier alpha value is -3.65. The molecule has 1 unspecified atom stereocenters. The highest BCUT2D eigenvalue weighted by Crippen LogP contribution is 2.44. The number of nitrogens with zero attached hydrogens (tertiary/aromatic N) is 3. The van der Waals surface area contributed by atoms with Crippen LogP contribution in [0.2, 0.25) is 0 Å². The van der Waals surface area contributed by atoms with Gasteiger partial charge >= 0.3 is 0 Å². The Morgan fingerprint density at radius 2 is 1.78 bits per heavy atom. The van der Waals surface area contributed by atoms with E-state index in [1.165, 1.54) is 12.1 Å². The van der Waals surface area contributed by atoms with Gasteiger partial charge in [-0.25, -0.2) is 13.8 Å². The molecule has 0 bridgehead atoms. The van der Waals surface area contributed by atoms with Crippen molar-refractivity contribution in [1.82, 2.24) is 14.8 Å². The molecule has 2 fully saturated rings. The van der Waals surface area contributed by atoms with Crippen LogP contribution < -0.4 is 0 Å². The molecule has 3 aromatic rings. The largest absolute Gasteiger partial charge is 0.354 e. The maximum Gasteiger partial charge on any atom is 0.272 e. The SMILES string of the molecule is CC12CC[C@@H](c3cc(F)cc(F)c3)N1C(=O)CCN(C(=O)c1cccc(-c3ccccc3)n1)CCO2. The Labute approximate surface area is 208 Å². The summed E-state index contributed by atoms with van der Waals surface area (Å²) in [5.74, 6) is -1.87. The molecule has 186 valence electrons. The van der Waals surface area contributed by atoms with Gasteiger partial charge in [0, 0.05) is 31.1 Å². The number of halogens is 2. The number of hydrogen-bond donors (Lipinski definition) is 0. The zero-order chi connectivity index (χ0) is 25.3. The van der Waals surface area contributed by atoms with E-state index in [1.807, 2.05) is 43.3 Å². The smallest absolute Gasteiger partial charge is 0.272 e. The molecule has 2 amide bonds. The third kappa shape index (κ3) is 4.73. The van der Waals surface area contributed by atoms with E-state index in [1.54, 1.807) is 21.9 Å².